The van der Waals surface area contributed by atoms with Gasteiger partial charge in [0.05, 0.1) is 30.5 Å². The third-order valence-corrected chi connectivity index (χ3v) is 3.30. The quantitative estimate of drug-likeness (QED) is 0.840. The van der Waals surface area contributed by atoms with Gasteiger partial charge in [0.1, 0.15) is 5.82 Å². The van der Waals surface area contributed by atoms with Gasteiger partial charge in [-0.05, 0) is 18.2 Å². The van der Waals surface area contributed by atoms with Crippen molar-refractivity contribution in [1.29, 1.82) is 0 Å². The average molecular weight is 309 g/mol. The number of amides is 1. The van der Waals surface area contributed by atoms with E-state index in [1.807, 2.05) is 0 Å². The molecule has 1 amide bonds. The van der Waals surface area contributed by atoms with E-state index in [0.717, 1.165) is 6.07 Å². The molecule has 21 heavy (non-hydrogen) atoms. The van der Waals surface area contributed by atoms with Gasteiger partial charge < -0.3 is 15.8 Å². The number of nitrogens with two attached hydrogens (primary N) is 1. The molecule has 2 aromatic rings. The van der Waals surface area contributed by atoms with Gasteiger partial charge in [-0.1, -0.05) is 0 Å². The number of carbonyl (C=O) groups excluding carboxylic acids is 2. The number of anilines is 2. The van der Waals surface area contributed by atoms with Crippen molar-refractivity contribution in [3.63, 3.8) is 0 Å². The normalized spacial score (nSPS) is 10.2. The van der Waals surface area contributed by atoms with Gasteiger partial charge in [-0.3, -0.25) is 4.79 Å². The molecule has 1 heterocycles. The molecule has 0 unspecified atom stereocenters. The Bertz CT molecular complexity index is 687. The Labute approximate surface area is 123 Å². The number of ether oxygens (including phenoxy) is 1. The molecule has 0 aliphatic rings. The van der Waals surface area contributed by atoms with Crippen molar-refractivity contribution in [3.8, 4) is 0 Å². The molecular weight excluding hydrogens is 297 g/mol. The van der Waals surface area contributed by atoms with E-state index in [2.05, 4.69) is 15.0 Å². The summed E-state index contributed by atoms with van der Waals surface area (Å²) in [5, 5.41) is 4.40. The van der Waals surface area contributed by atoms with Crippen LogP contribution in [0, 0.1) is 5.82 Å². The summed E-state index contributed by atoms with van der Waals surface area (Å²) in [6, 6.07) is 3.58. The van der Waals surface area contributed by atoms with Crippen LogP contribution in [0.4, 0.5) is 15.2 Å². The summed E-state index contributed by atoms with van der Waals surface area (Å²) >= 11 is 1.22. The fourth-order valence-corrected chi connectivity index (χ4v) is 2.19. The highest BCUT2D eigenvalue weighted by atomic mass is 32.1. The number of aromatic nitrogens is 1. The number of methoxy groups -OCH3 is 1. The second-order valence-electron chi connectivity index (χ2n) is 4.09. The zero-order valence-electron chi connectivity index (χ0n) is 11.1. The van der Waals surface area contributed by atoms with Crippen LogP contribution in [-0.2, 0) is 16.0 Å². The SMILES string of the molecule is COC(=O)c1ccc(F)c(NC(=O)Cc2csc(N)n2)c1. The zero-order valence-corrected chi connectivity index (χ0v) is 11.9. The van der Waals surface area contributed by atoms with Crippen LogP contribution in [0.2, 0.25) is 0 Å². The Kier molecular flexibility index (Phi) is 4.49. The summed E-state index contributed by atoms with van der Waals surface area (Å²) in [5.41, 5.74) is 6.02. The third-order valence-electron chi connectivity index (χ3n) is 2.57. The van der Waals surface area contributed by atoms with Gasteiger partial charge >= 0.3 is 5.97 Å². The highest BCUT2D eigenvalue weighted by Crippen LogP contribution is 2.18. The minimum Gasteiger partial charge on any atom is -0.465 e. The Hall–Kier alpha value is -2.48. The standard InChI is InChI=1S/C13H12FN3O3S/c1-20-12(19)7-2-3-9(14)10(4-7)17-11(18)5-8-6-21-13(15)16-8/h2-4,6H,5H2,1H3,(H2,15,16)(H,17,18). The summed E-state index contributed by atoms with van der Waals surface area (Å²) in [4.78, 5) is 27.1. The molecule has 2 rings (SSSR count). The van der Waals surface area contributed by atoms with Gasteiger partial charge in [-0.2, -0.15) is 0 Å². The maximum atomic E-state index is 13.6. The molecule has 1 aromatic carbocycles. The first-order chi connectivity index (χ1) is 9.99. The first-order valence-electron chi connectivity index (χ1n) is 5.87. The molecule has 110 valence electrons. The number of esters is 1. The van der Waals surface area contributed by atoms with E-state index >= 15 is 0 Å². The van der Waals surface area contributed by atoms with E-state index in [0.29, 0.717) is 10.8 Å². The summed E-state index contributed by atoms with van der Waals surface area (Å²) in [6.45, 7) is 0. The molecule has 0 aliphatic heterocycles. The van der Waals surface area contributed by atoms with E-state index in [9.17, 15) is 14.0 Å². The van der Waals surface area contributed by atoms with Crippen LogP contribution in [0.3, 0.4) is 0 Å². The highest BCUT2D eigenvalue weighted by Gasteiger charge is 2.13. The number of benzene rings is 1. The maximum absolute atomic E-state index is 13.6. The number of hydrogen-bond donors (Lipinski definition) is 2. The van der Waals surface area contributed by atoms with E-state index in [1.165, 1.54) is 30.6 Å². The average Bonchev–Trinajstić information content (AvgIpc) is 2.85. The number of rotatable bonds is 4. The predicted octanol–water partition coefficient (Wildman–Crippen LogP) is 1.83. The fourth-order valence-electron chi connectivity index (χ4n) is 1.63. The number of nitrogen functional groups attached to an aromatic ring is 1. The van der Waals surface area contributed by atoms with Crippen molar-refractivity contribution in [2.24, 2.45) is 0 Å². The van der Waals surface area contributed by atoms with Crippen LogP contribution in [0.15, 0.2) is 23.6 Å². The summed E-state index contributed by atoms with van der Waals surface area (Å²) in [6.07, 6.45) is -0.0322. The zero-order chi connectivity index (χ0) is 15.4. The van der Waals surface area contributed by atoms with E-state index in [4.69, 9.17) is 5.73 Å². The molecule has 0 aliphatic carbocycles. The molecule has 0 radical (unpaired) electrons. The van der Waals surface area contributed by atoms with Crippen molar-refractivity contribution in [3.05, 3.63) is 40.7 Å². The Balaban J connectivity index is 2.11. The molecule has 0 spiro atoms. The van der Waals surface area contributed by atoms with Crippen molar-refractivity contribution < 1.29 is 18.7 Å². The highest BCUT2D eigenvalue weighted by molar-refractivity contribution is 7.13. The Morgan fingerprint density at radius 1 is 1.48 bits per heavy atom. The minimum absolute atomic E-state index is 0.0322. The fraction of sp³-hybridized carbons (Fsp3) is 0.154. The predicted molar refractivity (Wildman–Crippen MR) is 76.6 cm³/mol. The first kappa shape index (κ1) is 14.9. The number of nitrogens with zero attached hydrogens (tertiary/aromatic N) is 1. The summed E-state index contributed by atoms with van der Waals surface area (Å²) in [7, 11) is 1.22. The Morgan fingerprint density at radius 3 is 2.86 bits per heavy atom. The Morgan fingerprint density at radius 2 is 2.24 bits per heavy atom. The molecule has 6 nitrogen and oxygen atoms in total. The van der Waals surface area contributed by atoms with E-state index in [1.54, 1.807) is 5.38 Å². The molecule has 1 aromatic heterocycles. The maximum Gasteiger partial charge on any atom is 0.337 e. The van der Waals surface area contributed by atoms with Crippen LogP contribution >= 0.6 is 11.3 Å². The minimum atomic E-state index is -0.645. The molecule has 3 N–H and O–H groups in total. The number of carbonyl (C=O) groups is 2. The van der Waals surface area contributed by atoms with Gasteiger partial charge in [0.15, 0.2) is 5.13 Å². The number of thiazole rings is 1. The molecule has 0 fully saturated rings. The van der Waals surface area contributed by atoms with Gasteiger partial charge in [-0.25, -0.2) is 14.2 Å². The number of hydrogen-bond acceptors (Lipinski definition) is 6. The topological polar surface area (TPSA) is 94.3 Å². The summed E-state index contributed by atoms with van der Waals surface area (Å²) < 4.78 is 18.2. The molecule has 0 atom stereocenters. The third kappa shape index (κ3) is 3.76. The van der Waals surface area contributed by atoms with Crippen molar-refractivity contribution in [2.45, 2.75) is 6.42 Å². The van der Waals surface area contributed by atoms with Crippen LogP contribution in [0.1, 0.15) is 16.1 Å². The lowest BCUT2D eigenvalue weighted by Gasteiger charge is -2.07. The van der Waals surface area contributed by atoms with Crippen LogP contribution in [0.25, 0.3) is 0 Å². The lowest BCUT2D eigenvalue weighted by atomic mass is 10.2. The number of nitrogens with one attached hydrogen (secondary N) is 1. The molecule has 0 saturated carbocycles. The largest absolute Gasteiger partial charge is 0.465 e. The van der Waals surface area contributed by atoms with Crippen LogP contribution < -0.4 is 11.1 Å². The second-order valence-corrected chi connectivity index (χ2v) is 4.98. The molecular formula is C13H12FN3O3S. The molecule has 0 bridgehead atoms. The van der Waals surface area contributed by atoms with Gasteiger partial charge in [0.2, 0.25) is 5.91 Å². The molecule has 8 heteroatoms. The van der Waals surface area contributed by atoms with Crippen LogP contribution in [-0.4, -0.2) is 24.0 Å². The lowest BCUT2D eigenvalue weighted by molar-refractivity contribution is -0.115. The van der Waals surface area contributed by atoms with Gasteiger partial charge in [0, 0.05) is 5.38 Å². The van der Waals surface area contributed by atoms with Gasteiger partial charge in [0.25, 0.3) is 0 Å². The van der Waals surface area contributed by atoms with Crippen molar-refractivity contribution in [2.75, 3.05) is 18.2 Å². The van der Waals surface area contributed by atoms with E-state index < -0.39 is 17.7 Å². The second kappa shape index (κ2) is 6.31. The van der Waals surface area contributed by atoms with Crippen molar-refractivity contribution in [1.82, 2.24) is 4.98 Å². The smallest absolute Gasteiger partial charge is 0.337 e. The van der Waals surface area contributed by atoms with E-state index in [-0.39, 0.29) is 17.7 Å². The van der Waals surface area contributed by atoms with Gasteiger partial charge in [-0.15, -0.1) is 11.3 Å². The summed E-state index contributed by atoms with van der Waals surface area (Å²) in [5.74, 6) is -1.72. The van der Waals surface area contributed by atoms with Crippen LogP contribution in [0.5, 0.6) is 0 Å². The number of halogens is 1. The lowest BCUT2D eigenvalue weighted by Crippen LogP contribution is -2.16. The molecule has 0 saturated heterocycles. The first-order valence-corrected chi connectivity index (χ1v) is 6.75. The van der Waals surface area contributed by atoms with Crippen molar-refractivity contribution >= 4 is 34.0 Å². The monoisotopic (exact) mass is 309 g/mol.